The summed E-state index contributed by atoms with van der Waals surface area (Å²) in [7, 11) is 1.76. The monoisotopic (exact) mass is 276 g/mol. The first-order chi connectivity index (χ1) is 9.76. The lowest BCUT2D eigenvalue weighted by atomic mass is 10.2. The van der Waals surface area contributed by atoms with E-state index in [-0.39, 0.29) is 12.1 Å². The highest BCUT2D eigenvalue weighted by molar-refractivity contribution is 5.38. The van der Waals surface area contributed by atoms with Gasteiger partial charge in [0.05, 0.1) is 12.1 Å². The van der Waals surface area contributed by atoms with Crippen LogP contribution < -0.4 is 10.6 Å². The van der Waals surface area contributed by atoms with Crippen molar-refractivity contribution in [2.24, 2.45) is 0 Å². The normalized spacial score (nSPS) is 21.9. The smallest absolute Gasteiger partial charge is 0.258 e. The first-order valence-corrected chi connectivity index (χ1v) is 6.43. The Balaban J connectivity index is 1.88. The minimum Gasteiger partial charge on any atom is -0.376 e. The summed E-state index contributed by atoms with van der Waals surface area (Å²) in [5.41, 5.74) is 0. The van der Waals surface area contributed by atoms with Crippen LogP contribution in [0.5, 0.6) is 0 Å². The van der Waals surface area contributed by atoms with Crippen LogP contribution in [0, 0.1) is 0 Å². The second-order valence-corrected chi connectivity index (χ2v) is 4.49. The van der Waals surface area contributed by atoms with Gasteiger partial charge in [-0.1, -0.05) is 0 Å². The third kappa shape index (κ3) is 2.52. The van der Waals surface area contributed by atoms with Crippen molar-refractivity contribution in [3.8, 4) is 5.95 Å². The number of hydrogen-bond acceptors (Lipinski definition) is 8. The molecule has 9 nitrogen and oxygen atoms in total. The quantitative estimate of drug-likeness (QED) is 0.809. The first-order valence-electron chi connectivity index (χ1n) is 6.43. The van der Waals surface area contributed by atoms with Crippen molar-refractivity contribution in [2.45, 2.75) is 25.5 Å². The molecule has 0 saturated carbocycles. The molecule has 3 rings (SSSR count). The van der Waals surface area contributed by atoms with Crippen molar-refractivity contribution in [3.63, 3.8) is 0 Å². The van der Waals surface area contributed by atoms with Gasteiger partial charge in [0.25, 0.3) is 5.95 Å². The summed E-state index contributed by atoms with van der Waals surface area (Å²) in [6, 6.07) is 0.200. The number of rotatable bonds is 4. The van der Waals surface area contributed by atoms with E-state index in [4.69, 9.17) is 4.74 Å². The van der Waals surface area contributed by atoms with Crippen molar-refractivity contribution < 1.29 is 4.74 Å². The molecular formula is C11H16N8O. The van der Waals surface area contributed by atoms with Gasteiger partial charge in [0.15, 0.2) is 0 Å². The zero-order valence-electron chi connectivity index (χ0n) is 11.3. The lowest BCUT2D eigenvalue weighted by Crippen LogP contribution is -2.28. The van der Waals surface area contributed by atoms with E-state index in [0.29, 0.717) is 17.8 Å². The maximum Gasteiger partial charge on any atom is 0.258 e. The average molecular weight is 276 g/mol. The van der Waals surface area contributed by atoms with Crippen LogP contribution in [0.25, 0.3) is 5.95 Å². The van der Waals surface area contributed by atoms with E-state index in [1.165, 1.54) is 11.0 Å². The number of aromatic nitrogens is 6. The number of hydrogen-bond donors (Lipinski definition) is 2. The van der Waals surface area contributed by atoms with Crippen molar-refractivity contribution in [1.29, 1.82) is 0 Å². The highest BCUT2D eigenvalue weighted by Crippen LogP contribution is 2.17. The van der Waals surface area contributed by atoms with E-state index in [0.717, 1.165) is 13.0 Å². The van der Waals surface area contributed by atoms with Gasteiger partial charge < -0.3 is 15.4 Å². The molecule has 2 N–H and O–H groups in total. The Morgan fingerprint density at radius 3 is 2.80 bits per heavy atom. The molecule has 2 atom stereocenters. The van der Waals surface area contributed by atoms with Gasteiger partial charge in [0.2, 0.25) is 11.9 Å². The molecule has 9 heteroatoms. The molecule has 3 heterocycles. The SMILES string of the molecule is CNc1nc(NC2CCOC2C)nc(-n2cncn2)n1. The fourth-order valence-corrected chi connectivity index (χ4v) is 2.04. The van der Waals surface area contributed by atoms with Crippen LogP contribution in [-0.2, 0) is 4.74 Å². The molecule has 2 aromatic heterocycles. The molecule has 1 fully saturated rings. The third-order valence-corrected chi connectivity index (χ3v) is 3.16. The molecular weight excluding hydrogens is 260 g/mol. The Bertz CT molecular complexity index is 572. The molecule has 1 saturated heterocycles. The van der Waals surface area contributed by atoms with Crippen LogP contribution in [0.4, 0.5) is 11.9 Å². The summed E-state index contributed by atoms with van der Waals surface area (Å²) in [5, 5.41) is 10.2. The Labute approximate surface area is 115 Å². The fourth-order valence-electron chi connectivity index (χ4n) is 2.04. The van der Waals surface area contributed by atoms with Gasteiger partial charge in [-0.05, 0) is 13.3 Å². The Morgan fingerprint density at radius 1 is 1.30 bits per heavy atom. The van der Waals surface area contributed by atoms with Crippen LogP contribution in [0.15, 0.2) is 12.7 Å². The summed E-state index contributed by atoms with van der Waals surface area (Å²) in [6.07, 6.45) is 4.04. The van der Waals surface area contributed by atoms with Crippen LogP contribution in [0.2, 0.25) is 0 Å². The van der Waals surface area contributed by atoms with Gasteiger partial charge in [-0.15, -0.1) is 0 Å². The molecule has 0 radical (unpaired) electrons. The largest absolute Gasteiger partial charge is 0.376 e. The summed E-state index contributed by atoms with van der Waals surface area (Å²) in [5.74, 6) is 1.38. The van der Waals surface area contributed by atoms with Crippen LogP contribution >= 0.6 is 0 Å². The first kappa shape index (κ1) is 12.7. The van der Waals surface area contributed by atoms with Crippen molar-refractivity contribution in [1.82, 2.24) is 29.7 Å². The van der Waals surface area contributed by atoms with Crippen LogP contribution in [-0.4, -0.2) is 55.5 Å². The topological polar surface area (TPSA) is 103 Å². The zero-order valence-corrected chi connectivity index (χ0v) is 11.3. The number of nitrogens with zero attached hydrogens (tertiary/aromatic N) is 6. The molecule has 106 valence electrons. The standard InChI is InChI=1S/C11H16N8O/c1-7-8(3-4-20-7)15-10-16-9(12-2)17-11(18-10)19-6-13-5-14-19/h5-8H,3-4H2,1-2H3,(H2,12,15,16,17,18). The number of nitrogens with one attached hydrogen (secondary N) is 2. The molecule has 2 aromatic rings. The van der Waals surface area contributed by atoms with Crippen LogP contribution in [0.3, 0.4) is 0 Å². The minimum absolute atomic E-state index is 0.139. The van der Waals surface area contributed by atoms with E-state index in [1.54, 1.807) is 13.4 Å². The van der Waals surface area contributed by atoms with E-state index in [2.05, 4.69) is 35.7 Å². The molecule has 20 heavy (non-hydrogen) atoms. The second kappa shape index (κ2) is 5.37. The second-order valence-electron chi connectivity index (χ2n) is 4.49. The third-order valence-electron chi connectivity index (χ3n) is 3.16. The minimum atomic E-state index is 0.139. The predicted octanol–water partition coefficient (Wildman–Crippen LogP) is 0.0833. The maximum absolute atomic E-state index is 5.52. The van der Waals surface area contributed by atoms with Crippen LogP contribution in [0.1, 0.15) is 13.3 Å². The summed E-state index contributed by atoms with van der Waals surface area (Å²) in [6.45, 7) is 2.78. The summed E-state index contributed by atoms with van der Waals surface area (Å²) >= 11 is 0. The van der Waals surface area contributed by atoms with Gasteiger partial charge in [0.1, 0.15) is 12.7 Å². The lowest BCUT2D eigenvalue weighted by molar-refractivity contribution is 0.121. The highest BCUT2D eigenvalue weighted by Gasteiger charge is 2.25. The molecule has 0 aliphatic carbocycles. The van der Waals surface area contributed by atoms with Gasteiger partial charge in [0, 0.05) is 13.7 Å². The van der Waals surface area contributed by atoms with Gasteiger partial charge >= 0.3 is 0 Å². The zero-order chi connectivity index (χ0) is 13.9. The highest BCUT2D eigenvalue weighted by atomic mass is 16.5. The molecule has 1 aliphatic rings. The summed E-state index contributed by atoms with van der Waals surface area (Å²) < 4.78 is 7.01. The maximum atomic E-state index is 5.52. The number of ether oxygens (including phenoxy) is 1. The Hall–Kier alpha value is -2.29. The molecule has 2 unspecified atom stereocenters. The molecule has 0 amide bonds. The van der Waals surface area contributed by atoms with E-state index in [1.807, 2.05) is 6.92 Å². The Kier molecular flexibility index (Phi) is 3.42. The fraction of sp³-hybridized carbons (Fsp3) is 0.545. The van der Waals surface area contributed by atoms with E-state index < -0.39 is 0 Å². The van der Waals surface area contributed by atoms with Crippen molar-refractivity contribution in [3.05, 3.63) is 12.7 Å². The lowest BCUT2D eigenvalue weighted by Gasteiger charge is -2.16. The van der Waals surface area contributed by atoms with Crippen molar-refractivity contribution in [2.75, 3.05) is 24.3 Å². The Morgan fingerprint density at radius 2 is 2.15 bits per heavy atom. The number of anilines is 2. The van der Waals surface area contributed by atoms with E-state index in [9.17, 15) is 0 Å². The van der Waals surface area contributed by atoms with Gasteiger partial charge in [-0.2, -0.15) is 24.7 Å². The molecule has 0 spiro atoms. The van der Waals surface area contributed by atoms with Gasteiger partial charge in [-0.25, -0.2) is 4.98 Å². The van der Waals surface area contributed by atoms with Gasteiger partial charge in [-0.3, -0.25) is 0 Å². The average Bonchev–Trinajstić information content (AvgIpc) is 3.11. The predicted molar refractivity (Wildman–Crippen MR) is 71.7 cm³/mol. The molecule has 1 aliphatic heterocycles. The van der Waals surface area contributed by atoms with Crippen molar-refractivity contribution >= 4 is 11.9 Å². The summed E-state index contributed by atoms with van der Waals surface area (Å²) in [4.78, 5) is 16.8. The molecule has 0 bridgehead atoms. The van der Waals surface area contributed by atoms with E-state index >= 15 is 0 Å². The molecule has 0 aromatic carbocycles.